The second-order valence-corrected chi connectivity index (χ2v) is 3.43. The predicted molar refractivity (Wildman–Crippen MR) is 61.8 cm³/mol. The summed E-state index contributed by atoms with van der Waals surface area (Å²) in [5.41, 5.74) is 7.16. The van der Waals surface area contributed by atoms with Crippen molar-refractivity contribution in [1.29, 1.82) is 0 Å². The molecule has 0 aliphatic rings. The highest BCUT2D eigenvalue weighted by molar-refractivity contribution is 5.80. The van der Waals surface area contributed by atoms with Crippen LogP contribution in [0.25, 0.3) is 11.0 Å². The molecule has 0 saturated carbocycles. The van der Waals surface area contributed by atoms with Crippen molar-refractivity contribution >= 4 is 17.1 Å². The summed E-state index contributed by atoms with van der Waals surface area (Å²) < 4.78 is 14.8. The number of carbonyl (C=O) groups is 1. The van der Waals surface area contributed by atoms with Crippen LogP contribution in [-0.4, -0.2) is 12.8 Å². The summed E-state index contributed by atoms with van der Waals surface area (Å²) in [6.45, 7) is 2.42. The first kappa shape index (κ1) is 11.5. The Morgan fingerprint density at radius 3 is 2.94 bits per heavy atom. The van der Waals surface area contributed by atoms with Gasteiger partial charge < -0.3 is 19.6 Å². The maximum Gasteiger partial charge on any atom is 0.516 e. The summed E-state index contributed by atoms with van der Waals surface area (Å²) in [4.78, 5) is 11.1. The summed E-state index contributed by atoms with van der Waals surface area (Å²) in [6.07, 6.45) is -0.773. The number of carbonyl (C=O) groups excluding carboxylic acids is 1. The lowest BCUT2D eigenvalue weighted by Gasteiger charge is -1.98. The van der Waals surface area contributed by atoms with Crippen LogP contribution in [0.5, 0.6) is 5.95 Å². The zero-order valence-electron chi connectivity index (χ0n) is 9.43. The highest BCUT2D eigenvalue weighted by Crippen LogP contribution is 2.26. The molecule has 0 aliphatic heterocycles. The van der Waals surface area contributed by atoms with Gasteiger partial charge in [-0.3, -0.25) is 0 Å². The largest absolute Gasteiger partial charge is 0.516 e. The zero-order chi connectivity index (χ0) is 12.3. The van der Waals surface area contributed by atoms with Crippen molar-refractivity contribution in [3.05, 3.63) is 29.8 Å². The number of rotatable bonds is 3. The standard InChI is InChI=1S/C12H13NO4/c1-2-15-12(14)17-11-6-9-5-8(7-13)3-4-10(9)16-11/h3-6H,2,7,13H2,1H3. The van der Waals surface area contributed by atoms with Gasteiger partial charge in [-0.2, -0.15) is 0 Å². The van der Waals surface area contributed by atoms with Gasteiger partial charge in [-0.15, -0.1) is 0 Å². The molecule has 2 aromatic rings. The number of hydrogen-bond donors (Lipinski definition) is 1. The van der Waals surface area contributed by atoms with Gasteiger partial charge in [0.15, 0.2) is 0 Å². The number of ether oxygens (including phenoxy) is 2. The fourth-order valence-electron chi connectivity index (χ4n) is 1.48. The lowest BCUT2D eigenvalue weighted by Crippen LogP contribution is -2.09. The fourth-order valence-corrected chi connectivity index (χ4v) is 1.48. The minimum atomic E-state index is -0.773. The van der Waals surface area contributed by atoms with Crippen LogP contribution in [0.2, 0.25) is 0 Å². The SMILES string of the molecule is CCOC(=O)Oc1cc2cc(CN)ccc2o1. The third kappa shape index (κ3) is 2.57. The Balaban J connectivity index is 2.22. The van der Waals surface area contributed by atoms with Crippen molar-refractivity contribution in [2.24, 2.45) is 5.73 Å². The van der Waals surface area contributed by atoms with Crippen LogP contribution in [0.3, 0.4) is 0 Å². The van der Waals surface area contributed by atoms with Crippen molar-refractivity contribution in [2.75, 3.05) is 6.61 Å². The second-order valence-electron chi connectivity index (χ2n) is 3.43. The van der Waals surface area contributed by atoms with Crippen molar-refractivity contribution in [3.63, 3.8) is 0 Å². The van der Waals surface area contributed by atoms with Crippen molar-refractivity contribution in [3.8, 4) is 5.95 Å². The van der Waals surface area contributed by atoms with Crippen LogP contribution in [0, 0.1) is 0 Å². The molecule has 2 rings (SSSR count). The van der Waals surface area contributed by atoms with Gasteiger partial charge in [0.1, 0.15) is 5.58 Å². The van der Waals surface area contributed by atoms with Gasteiger partial charge in [0.2, 0.25) is 0 Å². The molecule has 0 unspecified atom stereocenters. The van der Waals surface area contributed by atoms with Crippen LogP contribution in [0.1, 0.15) is 12.5 Å². The third-order valence-corrected chi connectivity index (χ3v) is 2.24. The molecule has 90 valence electrons. The van der Waals surface area contributed by atoms with E-state index < -0.39 is 6.16 Å². The summed E-state index contributed by atoms with van der Waals surface area (Å²) in [6, 6.07) is 7.16. The molecule has 5 heteroatoms. The first-order chi connectivity index (χ1) is 8.22. The monoisotopic (exact) mass is 235 g/mol. The molecule has 0 fully saturated rings. The number of benzene rings is 1. The number of hydrogen-bond acceptors (Lipinski definition) is 5. The Hall–Kier alpha value is -2.01. The van der Waals surface area contributed by atoms with Crippen LogP contribution >= 0.6 is 0 Å². The zero-order valence-corrected chi connectivity index (χ0v) is 9.43. The Bertz CT molecular complexity index is 532. The van der Waals surface area contributed by atoms with E-state index in [0.717, 1.165) is 10.9 Å². The molecule has 0 radical (unpaired) electrons. The highest BCUT2D eigenvalue weighted by atomic mass is 16.8. The first-order valence-corrected chi connectivity index (χ1v) is 5.30. The Kier molecular flexibility index (Phi) is 3.30. The van der Waals surface area contributed by atoms with E-state index in [1.165, 1.54) is 0 Å². The summed E-state index contributed by atoms with van der Waals surface area (Å²) >= 11 is 0. The molecule has 17 heavy (non-hydrogen) atoms. The number of fused-ring (bicyclic) bond motifs is 1. The summed E-state index contributed by atoms with van der Waals surface area (Å²) in [5.74, 6) is 0.118. The maximum absolute atomic E-state index is 11.1. The lowest BCUT2D eigenvalue weighted by molar-refractivity contribution is 0.0957. The van der Waals surface area contributed by atoms with E-state index in [-0.39, 0.29) is 12.6 Å². The normalized spacial score (nSPS) is 10.5. The van der Waals surface area contributed by atoms with Crippen molar-refractivity contribution in [2.45, 2.75) is 13.5 Å². The van der Waals surface area contributed by atoms with Gasteiger partial charge in [0, 0.05) is 18.0 Å². The minimum Gasteiger partial charge on any atom is -0.434 e. The molecular formula is C12H13NO4. The Morgan fingerprint density at radius 1 is 1.41 bits per heavy atom. The summed E-state index contributed by atoms with van der Waals surface area (Å²) in [5, 5.41) is 0.840. The second kappa shape index (κ2) is 4.88. The molecular weight excluding hydrogens is 222 g/mol. The van der Waals surface area contributed by atoms with Gasteiger partial charge >= 0.3 is 6.16 Å². The molecule has 0 saturated heterocycles. The smallest absolute Gasteiger partial charge is 0.434 e. The quantitative estimate of drug-likeness (QED) is 0.827. The van der Waals surface area contributed by atoms with Gasteiger partial charge in [0.05, 0.1) is 6.61 Å². The minimum absolute atomic E-state index is 0.118. The average Bonchev–Trinajstić information content (AvgIpc) is 2.69. The average molecular weight is 235 g/mol. The molecule has 0 bridgehead atoms. The molecule has 0 spiro atoms. The fraction of sp³-hybridized carbons (Fsp3) is 0.250. The van der Waals surface area contributed by atoms with Crippen LogP contribution < -0.4 is 10.5 Å². The van der Waals surface area contributed by atoms with E-state index in [1.807, 2.05) is 12.1 Å². The molecule has 0 aliphatic carbocycles. The van der Waals surface area contributed by atoms with E-state index in [1.54, 1.807) is 19.1 Å². The molecule has 0 atom stereocenters. The van der Waals surface area contributed by atoms with Crippen molar-refractivity contribution < 1.29 is 18.7 Å². The first-order valence-electron chi connectivity index (χ1n) is 5.30. The highest BCUT2D eigenvalue weighted by Gasteiger charge is 2.10. The van der Waals surface area contributed by atoms with Crippen LogP contribution in [-0.2, 0) is 11.3 Å². The molecule has 1 aromatic carbocycles. The van der Waals surface area contributed by atoms with Gasteiger partial charge in [-0.25, -0.2) is 4.79 Å². The molecule has 1 aromatic heterocycles. The lowest BCUT2D eigenvalue weighted by atomic mass is 10.2. The van der Waals surface area contributed by atoms with E-state index in [0.29, 0.717) is 12.1 Å². The van der Waals surface area contributed by atoms with Crippen molar-refractivity contribution in [1.82, 2.24) is 0 Å². The third-order valence-electron chi connectivity index (χ3n) is 2.24. The Labute approximate surface area is 98.1 Å². The maximum atomic E-state index is 11.1. The van der Waals surface area contributed by atoms with Crippen LogP contribution in [0.15, 0.2) is 28.7 Å². The van der Waals surface area contributed by atoms with Crippen LogP contribution in [0.4, 0.5) is 4.79 Å². The topological polar surface area (TPSA) is 74.7 Å². The summed E-state index contributed by atoms with van der Waals surface area (Å²) in [7, 11) is 0. The molecule has 5 nitrogen and oxygen atoms in total. The number of nitrogens with two attached hydrogens (primary N) is 1. The Morgan fingerprint density at radius 2 is 2.24 bits per heavy atom. The van der Waals surface area contributed by atoms with E-state index >= 15 is 0 Å². The van der Waals surface area contributed by atoms with Gasteiger partial charge in [-0.05, 0) is 24.6 Å². The van der Waals surface area contributed by atoms with E-state index in [2.05, 4.69) is 4.74 Å². The molecule has 2 N–H and O–H groups in total. The predicted octanol–water partition coefficient (Wildman–Crippen LogP) is 2.43. The number of furan rings is 1. The van der Waals surface area contributed by atoms with E-state index in [9.17, 15) is 4.79 Å². The van der Waals surface area contributed by atoms with Gasteiger partial charge in [0.25, 0.3) is 5.95 Å². The van der Waals surface area contributed by atoms with Gasteiger partial charge in [-0.1, -0.05) is 6.07 Å². The molecule has 1 heterocycles. The van der Waals surface area contributed by atoms with E-state index in [4.69, 9.17) is 14.9 Å². The molecule has 0 amide bonds.